The Balaban J connectivity index is 1.04. The SMILES string of the molecule is O=C(Nc1cc(F)c(F)c(-c2ccc(NC3C[C@@H]4CN(CC5CCOCC5)C[C@@H]4C3)nn2)c1)C1CC(F)(F)C1. The van der Waals surface area contributed by atoms with Crippen molar-refractivity contribution >= 4 is 17.4 Å². The van der Waals surface area contributed by atoms with Gasteiger partial charge in [0.25, 0.3) is 0 Å². The minimum Gasteiger partial charge on any atom is -0.381 e. The number of nitrogens with zero attached hydrogens (tertiary/aromatic N) is 3. The van der Waals surface area contributed by atoms with E-state index >= 15 is 0 Å². The number of rotatable bonds is 7. The van der Waals surface area contributed by atoms with Crippen molar-refractivity contribution in [3.8, 4) is 11.3 Å². The average Bonchev–Trinajstić information content (AvgIpc) is 3.43. The van der Waals surface area contributed by atoms with E-state index in [2.05, 4.69) is 25.7 Å². The molecule has 3 atom stereocenters. The van der Waals surface area contributed by atoms with Crippen LogP contribution in [0.1, 0.15) is 38.5 Å². The molecule has 3 heterocycles. The second-order valence-corrected chi connectivity index (χ2v) is 11.7. The molecule has 39 heavy (non-hydrogen) atoms. The number of hydrogen-bond donors (Lipinski definition) is 2. The summed E-state index contributed by atoms with van der Waals surface area (Å²) in [6.45, 7) is 5.19. The van der Waals surface area contributed by atoms with Gasteiger partial charge in [-0.1, -0.05) is 0 Å². The number of alkyl halides is 2. The van der Waals surface area contributed by atoms with Crippen molar-refractivity contribution in [2.45, 2.75) is 50.5 Å². The van der Waals surface area contributed by atoms with E-state index in [4.69, 9.17) is 4.74 Å². The topological polar surface area (TPSA) is 79.4 Å². The number of amides is 1. The lowest BCUT2D eigenvalue weighted by Gasteiger charge is -2.33. The van der Waals surface area contributed by atoms with Crippen molar-refractivity contribution in [1.29, 1.82) is 0 Å². The highest BCUT2D eigenvalue weighted by atomic mass is 19.3. The Morgan fingerprint density at radius 3 is 2.41 bits per heavy atom. The predicted octanol–water partition coefficient (Wildman–Crippen LogP) is 4.95. The van der Waals surface area contributed by atoms with Gasteiger partial charge in [-0.05, 0) is 61.6 Å². The first-order valence-electron chi connectivity index (χ1n) is 13.8. The van der Waals surface area contributed by atoms with Gasteiger partial charge < -0.3 is 20.3 Å². The largest absolute Gasteiger partial charge is 0.381 e. The van der Waals surface area contributed by atoms with E-state index in [1.165, 1.54) is 12.6 Å². The Morgan fingerprint density at radius 1 is 1.05 bits per heavy atom. The van der Waals surface area contributed by atoms with Gasteiger partial charge in [0.05, 0.1) is 5.69 Å². The van der Waals surface area contributed by atoms with Crippen molar-refractivity contribution in [3.63, 3.8) is 0 Å². The van der Waals surface area contributed by atoms with E-state index < -0.39 is 42.2 Å². The van der Waals surface area contributed by atoms with Gasteiger partial charge in [0, 0.05) is 75.0 Å². The number of hydrogen-bond acceptors (Lipinski definition) is 6. The summed E-state index contributed by atoms with van der Waals surface area (Å²) in [7, 11) is 0. The van der Waals surface area contributed by atoms with Crippen LogP contribution in [0, 0.1) is 35.3 Å². The monoisotopic (exact) mass is 547 g/mol. The lowest BCUT2D eigenvalue weighted by Crippen LogP contribution is -2.42. The van der Waals surface area contributed by atoms with Crippen LogP contribution >= 0.6 is 0 Å². The molecule has 1 aromatic heterocycles. The zero-order valence-corrected chi connectivity index (χ0v) is 21.6. The molecule has 4 aliphatic rings. The van der Waals surface area contributed by atoms with Crippen molar-refractivity contribution in [2.24, 2.45) is 23.7 Å². The first kappa shape index (κ1) is 26.4. The molecule has 2 N–H and O–H groups in total. The number of halogens is 4. The van der Waals surface area contributed by atoms with Crippen molar-refractivity contribution in [2.75, 3.05) is 43.5 Å². The van der Waals surface area contributed by atoms with Crippen LogP contribution in [0.2, 0.25) is 0 Å². The maximum Gasteiger partial charge on any atom is 0.249 e. The van der Waals surface area contributed by atoms with Gasteiger partial charge in [-0.2, -0.15) is 0 Å². The zero-order valence-electron chi connectivity index (χ0n) is 21.6. The van der Waals surface area contributed by atoms with E-state index in [-0.39, 0.29) is 23.0 Å². The molecule has 0 spiro atoms. The molecule has 1 amide bonds. The molecule has 11 heteroatoms. The van der Waals surface area contributed by atoms with Crippen LogP contribution in [0.4, 0.5) is 29.1 Å². The van der Waals surface area contributed by atoms with Crippen LogP contribution in [-0.4, -0.2) is 65.8 Å². The third-order valence-corrected chi connectivity index (χ3v) is 8.73. The molecule has 6 rings (SSSR count). The summed E-state index contributed by atoms with van der Waals surface area (Å²) in [5.74, 6) is -4.00. The summed E-state index contributed by atoms with van der Waals surface area (Å²) in [6.07, 6.45) is 3.34. The average molecular weight is 548 g/mol. The van der Waals surface area contributed by atoms with Crippen LogP contribution in [-0.2, 0) is 9.53 Å². The maximum atomic E-state index is 14.6. The number of fused-ring (bicyclic) bond motifs is 1. The molecule has 1 aromatic carbocycles. The van der Waals surface area contributed by atoms with E-state index in [1.807, 2.05) is 0 Å². The minimum atomic E-state index is -2.85. The summed E-state index contributed by atoms with van der Waals surface area (Å²) < 4.78 is 60.6. The molecular formula is C28H33F4N5O2. The Hall–Kier alpha value is -2.79. The Morgan fingerprint density at radius 2 is 1.77 bits per heavy atom. The fourth-order valence-corrected chi connectivity index (χ4v) is 6.66. The number of nitrogens with one attached hydrogen (secondary N) is 2. The molecule has 0 bridgehead atoms. The zero-order chi connectivity index (χ0) is 27.1. The highest BCUT2D eigenvalue weighted by Gasteiger charge is 2.48. The number of ether oxygens (including phenoxy) is 1. The highest BCUT2D eigenvalue weighted by molar-refractivity contribution is 5.94. The van der Waals surface area contributed by atoms with Crippen LogP contribution < -0.4 is 10.6 Å². The number of carbonyl (C=O) groups is 1. The summed E-state index contributed by atoms with van der Waals surface area (Å²) in [5, 5.41) is 14.1. The van der Waals surface area contributed by atoms with Crippen LogP contribution in [0.3, 0.4) is 0 Å². The molecule has 7 nitrogen and oxygen atoms in total. The number of aromatic nitrogens is 2. The molecular weight excluding hydrogens is 514 g/mol. The Kier molecular flexibility index (Phi) is 7.22. The third kappa shape index (κ3) is 5.89. The third-order valence-electron chi connectivity index (χ3n) is 8.73. The lowest BCUT2D eigenvalue weighted by atomic mass is 9.81. The molecule has 2 aliphatic heterocycles. The van der Waals surface area contributed by atoms with Gasteiger partial charge in [-0.15, -0.1) is 10.2 Å². The van der Waals surface area contributed by atoms with E-state index in [1.54, 1.807) is 12.1 Å². The number of carbonyl (C=O) groups excluding carboxylic acids is 1. The first-order chi connectivity index (χ1) is 18.7. The van der Waals surface area contributed by atoms with Gasteiger partial charge >= 0.3 is 0 Å². The van der Waals surface area contributed by atoms with Crippen LogP contribution in [0.25, 0.3) is 11.3 Å². The fraction of sp³-hybridized carbons (Fsp3) is 0.607. The number of likely N-dealkylation sites (tertiary alicyclic amines) is 1. The molecule has 2 saturated carbocycles. The molecule has 2 aliphatic carbocycles. The van der Waals surface area contributed by atoms with Gasteiger partial charge in [0.2, 0.25) is 11.8 Å². The molecule has 1 unspecified atom stereocenters. The van der Waals surface area contributed by atoms with E-state index in [9.17, 15) is 22.4 Å². The highest BCUT2D eigenvalue weighted by Crippen LogP contribution is 2.43. The minimum absolute atomic E-state index is 0.0172. The predicted molar refractivity (Wildman–Crippen MR) is 137 cm³/mol. The normalized spacial score (nSPS) is 27.2. The molecule has 2 saturated heterocycles. The van der Waals surface area contributed by atoms with Gasteiger partial charge in [-0.25, -0.2) is 17.6 Å². The molecule has 4 fully saturated rings. The van der Waals surface area contributed by atoms with Gasteiger partial charge in [0.1, 0.15) is 5.82 Å². The summed E-state index contributed by atoms with van der Waals surface area (Å²) in [6, 6.07) is 5.61. The lowest BCUT2D eigenvalue weighted by molar-refractivity contribution is -0.145. The maximum absolute atomic E-state index is 14.6. The standard InChI is InChI=1S/C28H33F4N5O2/c29-23-10-21(34-27(38)19-11-28(31,32)12-19)9-22(26(23)30)24-1-2-25(36-35-24)33-20-7-17-14-37(15-18(17)8-20)13-16-3-5-39-6-4-16/h1-2,9-10,16-20H,3-8,11-15H2,(H,33,36)(H,34,38)/t17-,18+,20?. The number of benzene rings is 1. The fourth-order valence-electron chi connectivity index (χ4n) is 6.66. The smallest absolute Gasteiger partial charge is 0.249 e. The summed E-state index contributed by atoms with van der Waals surface area (Å²) in [4.78, 5) is 14.8. The van der Waals surface area contributed by atoms with Gasteiger partial charge in [0.15, 0.2) is 11.6 Å². The molecule has 2 aromatic rings. The van der Waals surface area contributed by atoms with Crippen molar-refractivity contribution < 1.29 is 27.1 Å². The van der Waals surface area contributed by atoms with Crippen LogP contribution in [0.5, 0.6) is 0 Å². The second-order valence-electron chi connectivity index (χ2n) is 11.7. The Labute approximate surface area is 224 Å². The summed E-state index contributed by atoms with van der Waals surface area (Å²) >= 11 is 0. The summed E-state index contributed by atoms with van der Waals surface area (Å²) in [5.41, 5.74) is -0.0740. The van der Waals surface area contributed by atoms with Crippen molar-refractivity contribution in [3.05, 3.63) is 35.9 Å². The van der Waals surface area contributed by atoms with E-state index in [0.717, 1.165) is 64.0 Å². The first-order valence-corrected chi connectivity index (χ1v) is 13.8. The molecule has 210 valence electrons. The molecule has 0 radical (unpaired) electrons. The Bertz CT molecular complexity index is 1190. The van der Waals surface area contributed by atoms with Crippen LogP contribution in [0.15, 0.2) is 24.3 Å². The quantitative estimate of drug-likeness (QED) is 0.478. The van der Waals surface area contributed by atoms with Crippen molar-refractivity contribution in [1.82, 2.24) is 15.1 Å². The number of anilines is 2. The second kappa shape index (κ2) is 10.6. The van der Waals surface area contributed by atoms with Gasteiger partial charge in [-0.3, -0.25) is 4.79 Å². The van der Waals surface area contributed by atoms with E-state index in [0.29, 0.717) is 17.7 Å².